The summed E-state index contributed by atoms with van der Waals surface area (Å²) in [7, 11) is 0. The van der Waals surface area contributed by atoms with Crippen LogP contribution in [0.1, 0.15) is 16.8 Å². The maximum Gasteiger partial charge on any atom is 0.335 e. The predicted molar refractivity (Wildman–Crippen MR) is 117 cm³/mol. The number of ether oxygens (including phenoxy) is 2. The first-order chi connectivity index (χ1) is 14.6. The highest BCUT2D eigenvalue weighted by molar-refractivity contribution is 6.30. The lowest BCUT2D eigenvalue weighted by atomic mass is 10.1. The first-order valence-corrected chi connectivity index (χ1v) is 10.2. The van der Waals surface area contributed by atoms with E-state index in [-0.39, 0.29) is 5.56 Å². The number of anilines is 1. The van der Waals surface area contributed by atoms with Gasteiger partial charge < -0.3 is 19.5 Å². The van der Waals surface area contributed by atoms with Crippen molar-refractivity contribution in [3.8, 4) is 17.2 Å². The van der Waals surface area contributed by atoms with E-state index in [1.54, 1.807) is 36.4 Å². The number of carbonyl (C=O) groups is 1. The van der Waals surface area contributed by atoms with Crippen LogP contribution in [-0.2, 0) is 0 Å². The number of benzene rings is 3. The summed E-state index contributed by atoms with van der Waals surface area (Å²) in [5.41, 5.74) is 1.42. The molecule has 0 amide bonds. The molecular formula is C24H22ClNO4. The summed E-state index contributed by atoms with van der Waals surface area (Å²) in [6.07, 6.45) is 1.05. The first-order valence-electron chi connectivity index (χ1n) is 9.81. The molecule has 0 aromatic heterocycles. The monoisotopic (exact) mass is 423 g/mol. The minimum atomic E-state index is -0.933. The summed E-state index contributed by atoms with van der Waals surface area (Å²) < 4.78 is 11.7. The summed E-state index contributed by atoms with van der Waals surface area (Å²) >= 11 is 5.90. The van der Waals surface area contributed by atoms with Gasteiger partial charge in [-0.3, -0.25) is 0 Å². The Hall–Kier alpha value is -3.18. The smallest absolute Gasteiger partial charge is 0.335 e. The Labute approximate surface area is 180 Å². The van der Waals surface area contributed by atoms with Gasteiger partial charge >= 0.3 is 5.97 Å². The van der Waals surface area contributed by atoms with Crippen LogP contribution in [0.2, 0.25) is 5.02 Å². The summed E-state index contributed by atoms with van der Waals surface area (Å²) in [4.78, 5) is 13.3. The Kier molecular flexibility index (Phi) is 6.10. The Morgan fingerprint density at radius 3 is 2.17 bits per heavy atom. The standard InChI is InChI=1S/C24H22ClNO4/c25-19-3-9-22(10-4-19)30-23-11-5-20(6-12-23)26-14-13-17(15-26)16-29-21-7-1-18(2-8-21)24(27)28/h1-12,17H,13-16H2,(H,27,28). The van der Waals surface area contributed by atoms with Crippen molar-refractivity contribution in [3.05, 3.63) is 83.4 Å². The Balaban J connectivity index is 1.28. The van der Waals surface area contributed by atoms with Gasteiger partial charge in [-0.25, -0.2) is 4.79 Å². The number of carboxylic acids is 1. The molecule has 154 valence electrons. The van der Waals surface area contributed by atoms with Gasteiger partial charge in [-0.15, -0.1) is 0 Å². The van der Waals surface area contributed by atoms with Gasteiger partial charge in [0.2, 0.25) is 0 Å². The van der Waals surface area contributed by atoms with Crippen LogP contribution in [0.3, 0.4) is 0 Å². The van der Waals surface area contributed by atoms with Gasteiger partial charge in [-0.05, 0) is 79.2 Å². The van der Waals surface area contributed by atoms with E-state index in [4.69, 9.17) is 26.2 Å². The van der Waals surface area contributed by atoms with Crippen molar-refractivity contribution in [2.45, 2.75) is 6.42 Å². The van der Waals surface area contributed by atoms with Crippen molar-refractivity contribution >= 4 is 23.3 Å². The van der Waals surface area contributed by atoms with Crippen LogP contribution in [-0.4, -0.2) is 30.8 Å². The van der Waals surface area contributed by atoms with Crippen LogP contribution in [0.5, 0.6) is 17.2 Å². The molecule has 1 atom stereocenters. The van der Waals surface area contributed by atoms with Crippen molar-refractivity contribution in [1.29, 1.82) is 0 Å². The van der Waals surface area contributed by atoms with Gasteiger partial charge in [0.15, 0.2) is 0 Å². The molecule has 1 heterocycles. The molecule has 5 nitrogen and oxygen atoms in total. The minimum Gasteiger partial charge on any atom is -0.493 e. The van der Waals surface area contributed by atoms with E-state index in [0.29, 0.717) is 23.3 Å². The maximum absolute atomic E-state index is 10.9. The Morgan fingerprint density at radius 1 is 0.933 bits per heavy atom. The van der Waals surface area contributed by atoms with Crippen molar-refractivity contribution in [3.63, 3.8) is 0 Å². The molecule has 1 aliphatic heterocycles. The fourth-order valence-electron chi connectivity index (χ4n) is 3.47. The summed E-state index contributed by atoms with van der Waals surface area (Å²) in [5.74, 6) is 1.72. The molecule has 0 bridgehead atoms. The summed E-state index contributed by atoms with van der Waals surface area (Å²) in [6.45, 7) is 2.51. The molecular weight excluding hydrogens is 402 g/mol. The fourth-order valence-corrected chi connectivity index (χ4v) is 3.60. The van der Waals surface area contributed by atoms with E-state index in [0.717, 1.165) is 36.7 Å². The van der Waals surface area contributed by atoms with E-state index in [1.165, 1.54) is 0 Å². The first kappa shape index (κ1) is 20.1. The highest BCUT2D eigenvalue weighted by Gasteiger charge is 2.23. The van der Waals surface area contributed by atoms with Crippen LogP contribution in [0.4, 0.5) is 5.69 Å². The summed E-state index contributed by atoms with van der Waals surface area (Å²) in [6, 6.07) is 21.9. The molecule has 1 N–H and O–H groups in total. The molecule has 1 unspecified atom stereocenters. The molecule has 4 rings (SSSR count). The fraction of sp³-hybridized carbons (Fsp3) is 0.208. The normalized spacial score (nSPS) is 15.8. The molecule has 1 aliphatic rings. The number of halogens is 1. The van der Waals surface area contributed by atoms with Crippen molar-refractivity contribution < 1.29 is 19.4 Å². The highest BCUT2D eigenvalue weighted by Crippen LogP contribution is 2.29. The highest BCUT2D eigenvalue weighted by atomic mass is 35.5. The zero-order valence-corrected chi connectivity index (χ0v) is 17.1. The maximum atomic E-state index is 10.9. The molecule has 30 heavy (non-hydrogen) atoms. The number of nitrogens with zero attached hydrogens (tertiary/aromatic N) is 1. The number of rotatable bonds is 7. The molecule has 0 aliphatic carbocycles. The van der Waals surface area contributed by atoms with Crippen molar-refractivity contribution in [1.82, 2.24) is 0 Å². The second-order valence-electron chi connectivity index (χ2n) is 7.29. The van der Waals surface area contributed by atoms with Crippen LogP contribution in [0.15, 0.2) is 72.8 Å². The van der Waals surface area contributed by atoms with Gasteiger partial charge in [0.1, 0.15) is 17.2 Å². The molecule has 3 aromatic carbocycles. The second kappa shape index (κ2) is 9.09. The SMILES string of the molecule is O=C(O)c1ccc(OCC2CCN(c3ccc(Oc4ccc(Cl)cc4)cc3)C2)cc1. The van der Waals surface area contributed by atoms with E-state index in [9.17, 15) is 4.79 Å². The van der Waals surface area contributed by atoms with Gasteiger partial charge in [0.05, 0.1) is 12.2 Å². The van der Waals surface area contributed by atoms with E-state index in [1.807, 2.05) is 24.3 Å². The number of carboxylic acid groups (broad SMARTS) is 1. The van der Waals surface area contributed by atoms with Gasteiger partial charge in [0, 0.05) is 29.7 Å². The van der Waals surface area contributed by atoms with Crippen molar-refractivity contribution in [2.75, 3.05) is 24.6 Å². The van der Waals surface area contributed by atoms with Crippen LogP contribution in [0.25, 0.3) is 0 Å². The molecule has 0 saturated carbocycles. The average Bonchev–Trinajstić information content (AvgIpc) is 3.24. The van der Waals surface area contributed by atoms with E-state index >= 15 is 0 Å². The lowest BCUT2D eigenvalue weighted by Gasteiger charge is -2.19. The van der Waals surface area contributed by atoms with E-state index in [2.05, 4.69) is 17.0 Å². The van der Waals surface area contributed by atoms with Gasteiger partial charge in [-0.2, -0.15) is 0 Å². The lowest BCUT2D eigenvalue weighted by molar-refractivity contribution is 0.0697. The average molecular weight is 424 g/mol. The summed E-state index contributed by atoms with van der Waals surface area (Å²) in [5, 5.41) is 9.64. The molecule has 0 radical (unpaired) electrons. The molecule has 3 aromatic rings. The van der Waals surface area contributed by atoms with E-state index < -0.39 is 5.97 Å². The molecule has 1 saturated heterocycles. The molecule has 1 fully saturated rings. The molecule has 6 heteroatoms. The Bertz CT molecular complexity index is 987. The number of hydrogen-bond acceptors (Lipinski definition) is 4. The van der Waals surface area contributed by atoms with Crippen LogP contribution < -0.4 is 14.4 Å². The zero-order chi connectivity index (χ0) is 20.9. The minimum absolute atomic E-state index is 0.262. The van der Waals surface area contributed by atoms with Gasteiger partial charge in [0.25, 0.3) is 0 Å². The third-order valence-corrected chi connectivity index (χ3v) is 5.38. The quantitative estimate of drug-likeness (QED) is 0.525. The van der Waals surface area contributed by atoms with Crippen molar-refractivity contribution in [2.24, 2.45) is 5.92 Å². The lowest BCUT2D eigenvalue weighted by Crippen LogP contribution is -2.21. The number of hydrogen-bond donors (Lipinski definition) is 1. The number of aromatic carboxylic acids is 1. The third kappa shape index (κ3) is 5.05. The zero-order valence-electron chi connectivity index (χ0n) is 16.3. The third-order valence-electron chi connectivity index (χ3n) is 5.12. The predicted octanol–water partition coefficient (Wildman–Crippen LogP) is 5.74. The van der Waals surface area contributed by atoms with Crippen LogP contribution in [0, 0.1) is 5.92 Å². The second-order valence-corrected chi connectivity index (χ2v) is 7.73. The largest absolute Gasteiger partial charge is 0.493 e. The Morgan fingerprint density at radius 2 is 1.53 bits per heavy atom. The van der Waals surface area contributed by atoms with Gasteiger partial charge in [-0.1, -0.05) is 11.6 Å². The van der Waals surface area contributed by atoms with Crippen LogP contribution >= 0.6 is 11.6 Å². The molecule has 0 spiro atoms. The topological polar surface area (TPSA) is 59.0 Å².